The molecule has 3 heteroatoms. The van der Waals surface area contributed by atoms with Gasteiger partial charge in [0, 0.05) is 5.39 Å². The quantitative estimate of drug-likeness (QED) is 0.734. The molecule has 1 heterocycles. The summed E-state index contributed by atoms with van der Waals surface area (Å²) in [6.45, 7) is 2.13. The topological polar surface area (TPSA) is 34.1 Å². The molecule has 4 rings (SSSR count). The van der Waals surface area contributed by atoms with Gasteiger partial charge in [-0.2, -0.15) is 0 Å². The van der Waals surface area contributed by atoms with Crippen LogP contribution in [-0.4, -0.2) is 12.1 Å². The highest BCUT2D eigenvalue weighted by Crippen LogP contribution is 2.34. The zero-order chi connectivity index (χ0) is 16.5. The Morgan fingerprint density at radius 2 is 2.00 bits per heavy atom. The van der Waals surface area contributed by atoms with Gasteiger partial charge in [-0.3, -0.25) is 0 Å². The van der Waals surface area contributed by atoms with Gasteiger partial charge in [-0.25, -0.2) is 4.98 Å². The normalized spacial score (nSPS) is 16.7. The number of aryl methyl sites for hydroxylation is 2. The van der Waals surface area contributed by atoms with Crippen LogP contribution in [0.15, 0.2) is 48.5 Å². The van der Waals surface area contributed by atoms with E-state index in [1.54, 1.807) is 7.11 Å². The third kappa shape index (κ3) is 2.60. The molecule has 1 aromatic heterocycles. The number of para-hydroxylation sites is 1. The Labute approximate surface area is 142 Å². The molecule has 0 bridgehead atoms. The highest BCUT2D eigenvalue weighted by molar-refractivity contribution is 5.88. The summed E-state index contributed by atoms with van der Waals surface area (Å²) in [6.07, 6.45) is 3.53. The van der Waals surface area contributed by atoms with E-state index in [1.165, 1.54) is 29.5 Å². The second-order valence-electron chi connectivity index (χ2n) is 6.47. The molecule has 0 saturated carbocycles. The first-order valence-corrected chi connectivity index (χ1v) is 8.55. The monoisotopic (exact) mass is 318 g/mol. The number of nitrogens with zero attached hydrogens (tertiary/aromatic N) is 1. The number of fused-ring (bicyclic) bond motifs is 2. The molecule has 0 radical (unpaired) electrons. The summed E-state index contributed by atoms with van der Waals surface area (Å²) >= 11 is 0. The fourth-order valence-corrected chi connectivity index (χ4v) is 3.71. The van der Waals surface area contributed by atoms with Crippen LogP contribution < -0.4 is 10.1 Å². The summed E-state index contributed by atoms with van der Waals surface area (Å²) in [6, 6.07) is 17.3. The largest absolute Gasteiger partial charge is 0.494 e. The summed E-state index contributed by atoms with van der Waals surface area (Å²) in [7, 11) is 1.70. The van der Waals surface area contributed by atoms with Crippen molar-refractivity contribution in [3.8, 4) is 5.75 Å². The number of rotatable bonds is 3. The molecule has 3 aromatic rings. The van der Waals surface area contributed by atoms with Crippen LogP contribution in [0.25, 0.3) is 10.9 Å². The highest BCUT2D eigenvalue weighted by atomic mass is 16.5. The van der Waals surface area contributed by atoms with Crippen LogP contribution in [0.1, 0.15) is 35.6 Å². The van der Waals surface area contributed by atoms with E-state index >= 15 is 0 Å². The number of methoxy groups -OCH3 is 1. The second kappa shape index (κ2) is 6.16. The fourth-order valence-electron chi connectivity index (χ4n) is 3.71. The maximum atomic E-state index is 5.49. The Bertz CT molecular complexity index is 888. The summed E-state index contributed by atoms with van der Waals surface area (Å²) in [5.41, 5.74) is 5.00. The van der Waals surface area contributed by atoms with Crippen LogP contribution in [0, 0.1) is 6.92 Å². The third-order valence-electron chi connectivity index (χ3n) is 4.92. The first-order chi connectivity index (χ1) is 11.8. The molecule has 2 aromatic carbocycles. The van der Waals surface area contributed by atoms with Crippen molar-refractivity contribution in [1.82, 2.24) is 4.98 Å². The first-order valence-electron chi connectivity index (χ1n) is 8.55. The molecule has 1 aliphatic rings. The van der Waals surface area contributed by atoms with E-state index in [2.05, 4.69) is 48.6 Å². The molecular weight excluding hydrogens is 296 g/mol. The molecule has 0 fully saturated rings. The van der Waals surface area contributed by atoms with E-state index < -0.39 is 0 Å². The number of hydrogen-bond donors (Lipinski definition) is 1. The Morgan fingerprint density at radius 3 is 2.88 bits per heavy atom. The molecular formula is C21H22N2O. The molecule has 0 saturated heterocycles. The fraction of sp³-hybridized carbons (Fsp3) is 0.286. The van der Waals surface area contributed by atoms with Crippen molar-refractivity contribution in [2.75, 3.05) is 12.4 Å². The minimum atomic E-state index is 0.328. The van der Waals surface area contributed by atoms with Gasteiger partial charge in [-0.1, -0.05) is 36.4 Å². The van der Waals surface area contributed by atoms with Crippen LogP contribution in [0.2, 0.25) is 0 Å². The van der Waals surface area contributed by atoms with Crippen molar-refractivity contribution in [3.63, 3.8) is 0 Å². The lowest BCUT2D eigenvalue weighted by molar-refractivity contribution is 0.419. The summed E-state index contributed by atoms with van der Waals surface area (Å²) in [4.78, 5) is 4.84. The van der Waals surface area contributed by atoms with E-state index in [-0.39, 0.29) is 0 Å². The Morgan fingerprint density at radius 1 is 1.12 bits per heavy atom. The molecule has 0 unspecified atom stereocenters. The zero-order valence-electron chi connectivity index (χ0n) is 14.2. The number of pyridine rings is 1. The maximum Gasteiger partial charge on any atom is 0.145 e. The Balaban J connectivity index is 1.73. The third-order valence-corrected chi connectivity index (χ3v) is 4.92. The lowest BCUT2D eigenvalue weighted by Crippen LogP contribution is -2.18. The average molecular weight is 318 g/mol. The second-order valence-corrected chi connectivity index (χ2v) is 6.47. The number of nitrogens with one attached hydrogen (secondary N) is 1. The molecule has 1 N–H and O–H groups in total. The van der Waals surface area contributed by atoms with Crippen LogP contribution in [-0.2, 0) is 6.42 Å². The van der Waals surface area contributed by atoms with E-state index in [0.717, 1.165) is 28.9 Å². The summed E-state index contributed by atoms with van der Waals surface area (Å²) in [5.74, 6) is 1.74. The standard InChI is InChI=1S/C21H22N2O/c1-14-13-20(23-21-16(14)10-6-12-19(21)24-2)22-18-11-5-8-15-7-3-4-9-17(15)18/h3-4,6-7,9-10,12-13,18H,5,8,11H2,1-2H3,(H,22,23)/t18-/m0/s1. The number of benzene rings is 2. The molecule has 1 atom stereocenters. The van der Waals surface area contributed by atoms with Crippen molar-refractivity contribution in [1.29, 1.82) is 0 Å². The summed E-state index contributed by atoms with van der Waals surface area (Å²) < 4.78 is 5.49. The minimum absolute atomic E-state index is 0.328. The van der Waals surface area contributed by atoms with Gasteiger partial charge in [0.15, 0.2) is 0 Å². The van der Waals surface area contributed by atoms with Gasteiger partial charge in [0.2, 0.25) is 0 Å². The van der Waals surface area contributed by atoms with Gasteiger partial charge in [0.1, 0.15) is 17.1 Å². The van der Waals surface area contributed by atoms with Gasteiger partial charge in [-0.15, -0.1) is 0 Å². The Hall–Kier alpha value is -2.55. The SMILES string of the molecule is COc1cccc2c(C)cc(N[C@H]3CCCc4ccccc43)nc12. The van der Waals surface area contributed by atoms with E-state index in [1.807, 2.05) is 12.1 Å². The predicted octanol–water partition coefficient (Wildman–Crippen LogP) is 5.04. The number of aromatic nitrogens is 1. The Kier molecular flexibility index (Phi) is 3.85. The van der Waals surface area contributed by atoms with Crippen molar-refractivity contribution in [3.05, 3.63) is 65.2 Å². The number of ether oxygens (including phenoxy) is 1. The van der Waals surface area contributed by atoms with Crippen molar-refractivity contribution in [2.24, 2.45) is 0 Å². The first kappa shape index (κ1) is 15.0. The molecule has 0 amide bonds. The van der Waals surface area contributed by atoms with Gasteiger partial charge in [0.25, 0.3) is 0 Å². The highest BCUT2D eigenvalue weighted by Gasteiger charge is 2.20. The van der Waals surface area contributed by atoms with Crippen molar-refractivity contribution < 1.29 is 4.74 Å². The molecule has 24 heavy (non-hydrogen) atoms. The van der Waals surface area contributed by atoms with Crippen LogP contribution in [0.5, 0.6) is 5.75 Å². The van der Waals surface area contributed by atoms with Crippen molar-refractivity contribution in [2.45, 2.75) is 32.2 Å². The zero-order valence-corrected chi connectivity index (χ0v) is 14.2. The van der Waals surface area contributed by atoms with Gasteiger partial charge in [0.05, 0.1) is 13.2 Å². The molecule has 122 valence electrons. The molecule has 0 aliphatic heterocycles. The van der Waals surface area contributed by atoms with Crippen molar-refractivity contribution >= 4 is 16.7 Å². The number of anilines is 1. The number of hydrogen-bond acceptors (Lipinski definition) is 3. The molecule has 0 spiro atoms. The average Bonchev–Trinajstić information content (AvgIpc) is 2.62. The smallest absolute Gasteiger partial charge is 0.145 e. The minimum Gasteiger partial charge on any atom is -0.494 e. The maximum absolute atomic E-state index is 5.49. The predicted molar refractivity (Wildman–Crippen MR) is 98.8 cm³/mol. The van der Waals surface area contributed by atoms with Crippen LogP contribution in [0.3, 0.4) is 0 Å². The van der Waals surface area contributed by atoms with E-state index in [4.69, 9.17) is 9.72 Å². The summed E-state index contributed by atoms with van der Waals surface area (Å²) in [5, 5.41) is 4.80. The molecule has 1 aliphatic carbocycles. The van der Waals surface area contributed by atoms with Gasteiger partial charge >= 0.3 is 0 Å². The van der Waals surface area contributed by atoms with E-state index in [0.29, 0.717) is 6.04 Å². The van der Waals surface area contributed by atoms with E-state index in [9.17, 15) is 0 Å². The van der Waals surface area contributed by atoms with Gasteiger partial charge < -0.3 is 10.1 Å². The van der Waals surface area contributed by atoms with Gasteiger partial charge in [-0.05, 0) is 55.0 Å². The molecule has 3 nitrogen and oxygen atoms in total. The van der Waals surface area contributed by atoms with Crippen LogP contribution in [0.4, 0.5) is 5.82 Å². The lowest BCUT2D eigenvalue weighted by atomic mass is 9.88. The van der Waals surface area contributed by atoms with Crippen LogP contribution >= 0.6 is 0 Å². The lowest BCUT2D eigenvalue weighted by Gasteiger charge is -2.27.